The van der Waals surface area contributed by atoms with Gasteiger partial charge >= 0.3 is 0 Å². The van der Waals surface area contributed by atoms with Gasteiger partial charge in [-0.3, -0.25) is 0 Å². The number of hydrogen-bond acceptors (Lipinski definition) is 2. The Hall–Kier alpha value is -2.13. The molecule has 4 rings (SSSR count). The van der Waals surface area contributed by atoms with Gasteiger partial charge in [-0.05, 0) is 48.2 Å². The number of fused-ring (bicyclic) bond motifs is 2. The molecule has 2 nitrogen and oxygen atoms in total. The third-order valence-electron chi connectivity index (χ3n) is 4.46. The topological polar surface area (TPSA) is 8.17 Å². The summed E-state index contributed by atoms with van der Waals surface area (Å²) in [6.45, 7) is 5.23. The number of aromatic nitrogens is 1. The lowest BCUT2D eigenvalue weighted by atomic mass is 10.1. The molecule has 1 aliphatic heterocycles. The molecule has 0 fully saturated rings. The zero-order chi connectivity index (χ0) is 15.3. The van der Waals surface area contributed by atoms with Crippen LogP contribution < -0.4 is 4.90 Å². The first-order valence-electron chi connectivity index (χ1n) is 7.36. The average molecular weight is 306 g/mol. The van der Waals surface area contributed by atoms with E-state index in [1.807, 2.05) is 0 Å². The largest absolute Gasteiger partial charge is 0.351 e. The summed E-state index contributed by atoms with van der Waals surface area (Å²) in [5, 5.41) is 1.27. The minimum Gasteiger partial charge on any atom is -0.351 e. The lowest BCUT2D eigenvalue weighted by molar-refractivity contribution is 0.968. The number of nitrogens with zero attached hydrogens (tertiary/aromatic N) is 2. The minimum atomic E-state index is 0.904. The third kappa shape index (κ3) is 1.97. The number of anilines is 1. The van der Waals surface area contributed by atoms with Crippen molar-refractivity contribution in [1.82, 2.24) is 4.57 Å². The SMILES string of the molecule is C=C1c2cc(SC)ccc2CN1c1ccc2c(ccn2C)c1. The maximum absolute atomic E-state index is 4.33. The van der Waals surface area contributed by atoms with E-state index in [0.717, 1.165) is 12.2 Å². The maximum atomic E-state index is 4.33. The van der Waals surface area contributed by atoms with Gasteiger partial charge < -0.3 is 9.47 Å². The van der Waals surface area contributed by atoms with Gasteiger partial charge in [0, 0.05) is 52.5 Å². The van der Waals surface area contributed by atoms with Crippen molar-refractivity contribution in [3.05, 3.63) is 66.4 Å². The van der Waals surface area contributed by atoms with Crippen LogP contribution in [0.3, 0.4) is 0 Å². The number of benzene rings is 2. The Morgan fingerprint density at radius 2 is 1.95 bits per heavy atom. The molecule has 22 heavy (non-hydrogen) atoms. The van der Waals surface area contributed by atoms with E-state index < -0.39 is 0 Å². The van der Waals surface area contributed by atoms with Crippen LogP contribution in [0.1, 0.15) is 11.1 Å². The molecule has 3 aromatic rings. The molecule has 0 aliphatic carbocycles. The molecule has 0 saturated carbocycles. The predicted octanol–water partition coefficient (Wildman–Crippen LogP) is 4.89. The number of thioether (sulfide) groups is 1. The summed E-state index contributed by atoms with van der Waals surface area (Å²) in [6, 6.07) is 15.5. The van der Waals surface area contributed by atoms with Crippen molar-refractivity contribution in [2.24, 2.45) is 7.05 Å². The van der Waals surface area contributed by atoms with Crippen LogP contribution in [0.2, 0.25) is 0 Å². The Bertz CT molecular complexity index is 892. The average Bonchev–Trinajstić information content (AvgIpc) is 3.08. The first-order valence-corrected chi connectivity index (χ1v) is 8.58. The second-order valence-electron chi connectivity index (χ2n) is 5.73. The van der Waals surface area contributed by atoms with Gasteiger partial charge in [-0.2, -0.15) is 0 Å². The lowest BCUT2D eigenvalue weighted by Gasteiger charge is -2.19. The summed E-state index contributed by atoms with van der Waals surface area (Å²) in [6.07, 6.45) is 4.22. The third-order valence-corrected chi connectivity index (χ3v) is 5.19. The molecule has 2 heterocycles. The minimum absolute atomic E-state index is 0.904. The molecule has 110 valence electrons. The first kappa shape index (κ1) is 13.5. The van der Waals surface area contributed by atoms with Crippen LogP contribution in [0.25, 0.3) is 16.6 Å². The van der Waals surface area contributed by atoms with Gasteiger partial charge in [-0.15, -0.1) is 11.8 Å². The van der Waals surface area contributed by atoms with Crippen LogP contribution in [-0.2, 0) is 13.6 Å². The molecular weight excluding hydrogens is 288 g/mol. The molecule has 0 radical (unpaired) electrons. The van der Waals surface area contributed by atoms with E-state index in [-0.39, 0.29) is 0 Å². The zero-order valence-electron chi connectivity index (χ0n) is 12.8. The molecule has 0 atom stereocenters. The van der Waals surface area contributed by atoms with Crippen LogP contribution in [0.15, 0.2) is 60.1 Å². The molecule has 0 bridgehead atoms. The fourth-order valence-electron chi connectivity index (χ4n) is 3.18. The van der Waals surface area contributed by atoms with Gasteiger partial charge in [0.2, 0.25) is 0 Å². The fourth-order valence-corrected chi connectivity index (χ4v) is 3.62. The predicted molar refractivity (Wildman–Crippen MR) is 96.4 cm³/mol. The Balaban J connectivity index is 1.75. The van der Waals surface area contributed by atoms with Crippen molar-refractivity contribution in [2.45, 2.75) is 11.4 Å². The molecule has 0 amide bonds. The standard InChI is InChI=1S/C19H18N2S/c1-13-18-11-17(22-3)6-4-15(18)12-21(13)16-5-7-19-14(10-16)8-9-20(19)2/h4-11H,1,12H2,2-3H3. The normalized spacial score (nSPS) is 13.9. The van der Waals surface area contributed by atoms with Gasteiger partial charge in [0.1, 0.15) is 0 Å². The molecule has 0 unspecified atom stereocenters. The van der Waals surface area contributed by atoms with Crippen molar-refractivity contribution >= 4 is 34.0 Å². The van der Waals surface area contributed by atoms with E-state index in [4.69, 9.17) is 0 Å². The summed E-state index contributed by atoms with van der Waals surface area (Å²) in [7, 11) is 2.08. The van der Waals surface area contributed by atoms with E-state index >= 15 is 0 Å². The molecule has 0 N–H and O–H groups in total. The molecule has 1 aromatic heterocycles. The summed E-state index contributed by atoms with van der Waals surface area (Å²) >= 11 is 1.78. The van der Waals surface area contributed by atoms with Crippen molar-refractivity contribution in [3.63, 3.8) is 0 Å². The summed E-state index contributed by atoms with van der Waals surface area (Å²) in [5.74, 6) is 0. The number of hydrogen-bond donors (Lipinski definition) is 0. The summed E-state index contributed by atoms with van der Waals surface area (Å²) in [4.78, 5) is 3.60. The molecular formula is C19H18N2S. The monoisotopic (exact) mass is 306 g/mol. The highest BCUT2D eigenvalue weighted by Gasteiger charge is 2.23. The second-order valence-corrected chi connectivity index (χ2v) is 6.61. The van der Waals surface area contributed by atoms with E-state index in [0.29, 0.717) is 0 Å². The Morgan fingerprint density at radius 1 is 1.09 bits per heavy atom. The van der Waals surface area contributed by atoms with Crippen molar-refractivity contribution in [1.29, 1.82) is 0 Å². The maximum Gasteiger partial charge on any atom is 0.0488 e. The molecule has 1 aliphatic rings. The summed E-state index contributed by atoms with van der Waals surface area (Å²) < 4.78 is 2.15. The first-order chi connectivity index (χ1) is 10.7. The Kier molecular flexibility index (Phi) is 3.05. The summed E-state index contributed by atoms with van der Waals surface area (Å²) in [5.41, 5.74) is 6.21. The van der Waals surface area contributed by atoms with E-state index in [1.165, 1.54) is 32.6 Å². The van der Waals surface area contributed by atoms with Crippen molar-refractivity contribution < 1.29 is 0 Å². The fraction of sp³-hybridized carbons (Fsp3) is 0.158. The van der Waals surface area contributed by atoms with Crippen LogP contribution in [-0.4, -0.2) is 10.8 Å². The highest BCUT2D eigenvalue weighted by atomic mass is 32.2. The van der Waals surface area contributed by atoms with Gasteiger partial charge in [0.05, 0.1) is 0 Å². The molecule has 3 heteroatoms. The van der Waals surface area contributed by atoms with Gasteiger partial charge in [0.15, 0.2) is 0 Å². The van der Waals surface area contributed by atoms with Crippen LogP contribution in [0, 0.1) is 0 Å². The highest BCUT2D eigenvalue weighted by molar-refractivity contribution is 7.98. The zero-order valence-corrected chi connectivity index (χ0v) is 13.7. The number of aryl methyl sites for hydroxylation is 1. The van der Waals surface area contributed by atoms with Gasteiger partial charge in [-0.1, -0.05) is 12.6 Å². The van der Waals surface area contributed by atoms with Crippen molar-refractivity contribution in [3.8, 4) is 0 Å². The molecule has 0 spiro atoms. The smallest absolute Gasteiger partial charge is 0.0488 e. The van der Waals surface area contributed by atoms with Gasteiger partial charge in [0.25, 0.3) is 0 Å². The van der Waals surface area contributed by atoms with E-state index in [1.54, 1.807) is 11.8 Å². The molecule has 0 saturated heterocycles. The van der Waals surface area contributed by atoms with Gasteiger partial charge in [-0.25, -0.2) is 0 Å². The highest BCUT2D eigenvalue weighted by Crippen LogP contribution is 2.38. The number of rotatable bonds is 2. The van der Waals surface area contributed by atoms with Crippen LogP contribution in [0.5, 0.6) is 0 Å². The van der Waals surface area contributed by atoms with E-state index in [9.17, 15) is 0 Å². The van der Waals surface area contributed by atoms with Crippen molar-refractivity contribution in [2.75, 3.05) is 11.2 Å². The second kappa shape index (κ2) is 4.96. The Morgan fingerprint density at radius 3 is 2.77 bits per heavy atom. The quantitative estimate of drug-likeness (QED) is 0.623. The van der Waals surface area contributed by atoms with Crippen LogP contribution in [0.4, 0.5) is 5.69 Å². The molecule has 2 aromatic carbocycles. The lowest BCUT2D eigenvalue weighted by Crippen LogP contribution is -2.12. The Labute approximate surface area is 135 Å². The van der Waals surface area contributed by atoms with Crippen LogP contribution >= 0.6 is 11.8 Å². The van der Waals surface area contributed by atoms with E-state index in [2.05, 4.69) is 78.0 Å².